The Morgan fingerprint density at radius 3 is 2.82 bits per heavy atom. The third-order valence-corrected chi connectivity index (χ3v) is 2.87. The van der Waals surface area contributed by atoms with Gasteiger partial charge in [-0.05, 0) is 25.2 Å². The van der Waals surface area contributed by atoms with Crippen LogP contribution in [0.5, 0.6) is 0 Å². The first kappa shape index (κ1) is 11.9. The molecule has 1 saturated carbocycles. The average Bonchev–Trinajstić information content (AvgIpc) is 3.11. The van der Waals surface area contributed by atoms with Crippen LogP contribution in [0.15, 0.2) is 6.07 Å². The zero-order valence-corrected chi connectivity index (χ0v) is 10.2. The first-order chi connectivity index (χ1) is 8.22. The Hall–Kier alpha value is -1.56. The zero-order chi connectivity index (χ0) is 12.3. The summed E-state index contributed by atoms with van der Waals surface area (Å²) < 4.78 is 0. The summed E-state index contributed by atoms with van der Waals surface area (Å²) in [7, 11) is 0. The van der Waals surface area contributed by atoms with Crippen molar-refractivity contribution in [3.63, 3.8) is 0 Å². The van der Waals surface area contributed by atoms with Gasteiger partial charge in [-0.1, -0.05) is 6.92 Å². The minimum absolute atomic E-state index is 0.257. The molecule has 6 nitrogen and oxygen atoms in total. The fraction of sp³-hybridized carbons (Fsp3) is 0.636. The van der Waals surface area contributed by atoms with E-state index >= 15 is 0 Å². The number of hydrogen-bond acceptors (Lipinski definition) is 6. The summed E-state index contributed by atoms with van der Waals surface area (Å²) in [5.74, 6) is 7.85. The van der Waals surface area contributed by atoms with Crippen LogP contribution in [0, 0.1) is 5.92 Å². The van der Waals surface area contributed by atoms with E-state index < -0.39 is 0 Å². The summed E-state index contributed by atoms with van der Waals surface area (Å²) in [5, 5.41) is 0. The second-order valence-electron chi connectivity index (χ2n) is 4.50. The van der Waals surface area contributed by atoms with Crippen LogP contribution in [0.4, 0.5) is 17.6 Å². The Bertz CT molecular complexity index is 376. The van der Waals surface area contributed by atoms with Crippen LogP contribution in [0.2, 0.25) is 0 Å². The molecule has 94 valence electrons. The zero-order valence-electron chi connectivity index (χ0n) is 10.2. The van der Waals surface area contributed by atoms with E-state index in [4.69, 9.17) is 11.6 Å². The quantitative estimate of drug-likeness (QED) is 0.503. The molecule has 0 saturated heterocycles. The normalized spacial score (nSPS) is 14.7. The fourth-order valence-electron chi connectivity index (χ4n) is 1.87. The molecular weight excluding hydrogens is 216 g/mol. The van der Waals surface area contributed by atoms with Crippen LogP contribution in [-0.2, 0) is 0 Å². The number of hydrazine groups is 1. The van der Waals surface area contributed by atoms with Crippen molar-refractivity contribution in [2.75, 3.05) is 29.1 Å². The molecule has 1 aliphatic rings. The van der Waals surface area contributed by atoms with E-state index in [1.807, 2.05) is 6.07 Å². The Morgan fingerprint density at radius 1 is 1.47 bits per heavy atom. The van der Waals surface area contributed by atoms with E-state index in [-0.39, 0.29) is 5.95 Å². The maximum absolute atomic E-state index is 5.67. The lowest BCUT2D eigenvalue weighted by Crippen LogP contribution is -2.28. The maximum atomic E-state index is 5.67. The molecule has 1 aromatic heterocycles. The lowest BCUT2D eigenvalue weighted by Gasteiger charge is -2.23. The highest BCUT2D eigenvalue weighted by Gasteiger charge is 2.25. The average molecular weight is 236 g/mol. The van der Waals surface area contributed by atoms with Crippen LogP contribution in [0.25, 0.3) is 0 Å². The molecule has 5 N–H and O–H groups in total. The highest BCUT2D eigenvalue weighted by atomic mass is 15.3. The van der Waals surface area contributed by atoms with Crippen molar-refractivity contribution < 1.29 is 0 Å². The van der Waals surface area contributed by atoms with Gasteiger partial charge in [0.05, 0.1) is 0 Å². The van der Waals surface area contributed by atoms with Gasteiger partial charge in [-0.3, -0.25) is 0 Å². The van der Waals surface area contributed by atoms with E-state index in [0.717, 1.165) is 31.2 Å². The SMILES string of the molecule is CCCN(CC1CC1)c1cc(NN)nc(N)n1. The molecule has 1 fully saturated rings. The van der Waals surface area contributed by atoms with Gasteiger partial charge >= 0.3 is 0 Å². The number of aromatic nitrogens is 2. The number of anilines is 3. The van der Waals surface area contributed by atoms with E-state index in [2.05, 4.69) is 27.2 Å². The highest BCUT2D eigenvalue weighted by molar-refractivity contribution is 5.52. The van der Waals surface area contributed by atoms with Gasteiger partial charge in [-0.2, -0.15) is 9.97 Å². The lowest BCUT2D eigenvalue weighted by molar-refractivity contribution is 0.699. The van der Waals surface area contributed by atoms with Gasteiger partial charge in [0, 0.05) is 19.2 Å². The van der Waals surface area contributed by atoms with Crippen molar-refractivity contribution in [2.45, 2.75) is 26.2 Å². The highest BCUT2D eigenvalue weighted by Crippen LogP contribution is 2.31. The van der Waals surface area contributed by atoms with Crippen molar-refractivity contribution in [3.8, 4) is 0 Å². The number of nitrogens with two attached hydrogens (primary N) is 2. The third kappa shape index (κ3) is 3.20. The lowest BCUT2D eigenvalue weighted by atomic mass is 10.3. The molecule has 0 bridgehead atoms. The minimum Gasteiger partial charge on any atom is -0.368 e. The predicted molar refractivity (Wildman–Crippen MR) is 69.5 cm³/mol. The molecule has 1 heterocycles. The fourth-order valence-corrected chi connectivity index (χ4v) is 1.87. The van der Waals surface area contributed by atoms with Crippen molar-refractivity contribution in [1.29, 1.82) is 0 Å². The van der Waals surface area contributed by atoms with Crippen LogP contribution < -0.4 is 21.9 Å². The molecule has 1 aliphatic carbocycles. The molecule has 1 aromatic rings. The van der Waals surface area contributed by atoms with Gasteiger partial charge in [0.2, 0.25) is 5.95 Å². The molecule has 0 aliphatic heterocycles. The van der Waals surface area contributed by atoms with Crippen LogP contribution >= 0.6 is 0 Å². The molecule has 0 radical (unpaired) electrons. The molecule has 6 heteroatoms. The van der Waals surface area contributed by atoms with Gasteiger partial charge in [0.15, 0.2) is 0 Å². The first-order valence-corrected chi connectivity index (χ1v) is 6.09. The Kier molecular flexibility index (Phi) is 3.63. The second-order valence-corrected chi connectivity index (χ2v) is 4.50. The first-order valence-electron chi connectivity index (χ1n) is 6.09. The molecule has 0 unspecified atom stereocenters. The van der Waals surface area contributed by atoms with Gasteiger partial charge in [-0.25, -0.2) is 5.84 Å². The van der Waals surface area contributed by atoms with Crippen molar-refractivity contribution >= 4 is 17.6 Å². The molecule has 0 amide bonds. The monoisotopic (exact) mass is 236 g/mol. The Morgan fingerprint density at radius 2 is 2.24 bits per heavy atom. The van der Waals surface area contributed by atoms with E-state index in [0.29, 0.717) is 5.82 Å². The van der Waals surface area contributed by atoms with E-state index in [1.165, 1.54) is 12.8 Å². The molecule has 17 heavy (non-hydrogen) atoms. The summed E-state index contributed by atoms with van der Waals surface area (Å²) >= 11 is 0. The number of nitrogens with one attached hydrogen (secondary N) is 1. The Labute approximate surface area is 101 Å². The van der Waals surface area contributed by atoms with Gasteiger partial charge < -0.3 is 16.1 Å². The van der Waals surface area contributed by atoms with Crippen LogP contribution in [0.3, 0.4) is 0 Å². The van der Waals surface area contributed by atoms with Crippen molar-refractivity contribution in [1.82, 2.24) is 9.97 Å². The molecule has 0 aromatic carbocycles. The van der Waals surface area contributed by atoms with Crippen molar-refractivity contribution in [2.24, 2.45) is 11.8 Å². The number of nitrogen functional groups attached to an aromatic ring is 2. The topological polar surface area (TPSA) is 93.1 Å². The largest absolute Gasteiger partial charge is 0.368 e. The van der Waals surface area contributed by atoms with Crippen LogP contribution in [0.1, 0.15) is 26.2 Å². The number of hydrogen-bond donors (Lipinski definition) is 3. The van der Waals surface area contributed by atoms with Crippen molar-refractivity contribution in [3.05, 3.63) is 6.07 Å². The van der Waals surface area contributed by atoms with Gasteiger partial charge in [0.1, 0.15) is 11.6 Å². The summed E-state index contributed by atoms with van der Waals surface area (Å²) in [5.41, 5.74) is 8.19. The molecule has 0 spiro atoms. The number of nitrogens with zero attached hydrogens (tertiary/aromatic N) is 3. The Balaban J connectivity index is 2.17. The summed E-state index contributed by atoms with van der Waals surface area (Å²) in [6.07, 6.45) is 3.73. The molecular formula is C11H20N6. The smallest absolute Gasteiger partial charge is 0.223 e. The minimum atomic E-state index is 0.257. The molecule has 0 atom stereocenters. The summed E-state index contributed by atoms with van der Waals surface area (Å²) in [4.78, 5) is 10.5. The van der Waals surface area contributed by atoms with Gasteiger partial charge in [0.25, 0.3) is 0 Å². The van der Waals surface area contributed by atoms with Gasteiger partial charge in [-0.15, -0.1) is 0 Å². The summed E-state index contributed by atoms with van der Waals surface area (Å²) in [6.45, 7) is 4.19. The van der Waals surface area contributed by atoms with E-state index in [1.54, 1.807) is 0 Å². The van der Waals surface area contributed by atoms with Crippen LogP contribution in [-0.4, -0.2) is 23.1 Å². The van der Waals surface area contributed by atoms with E-state index in [9.17, 15) is 0 Å². The standard InChI is InChI=1S/C11H20N6/c1-2-5-17(7-8-3-4-8)10-6-9(16-13)14-11(12)15-10/h6,8H,2-5,7,13H2,1H3,(H3,12,14,15,16). The number of rotatable bonds is 6. The second kappa shape index (κ2) is 5.18. The molecule has 2 rings (SSSR count). The summed E-state index contributed by atoms with van der Waals surface area (Å²) in [6, 6.07) is 1.84. The maximum Gasteiger partial charge on any atom is 0.223 e. The third-order valence-electron chi connectivity index (χ3n) is 2.87. The predicted octanol–water partition coefficient (Wildman–Crippen LogP) is 0.971.